The molecule has 0 saturated heterocycles. The fraction of sp³-hybridized carbons (Fsp3) is 0.214. The highest BCUT2D eigenvalue weighted by molar-refractivity contribution is 9.10. The van der Waals surface area contributed by atoms with Crippen LogP contribution in [0.5, 0.6) is 0 Å². The molecule has 0 amide bonds. The highest BCUT2D eigenvalue weighted by Crippen LogP contribution is 2.21. The van der Waals surface area contributed by atoms with Crippen molar-refractivity contribution in [2.45, 2.75) is 6.92 Å². The van der Waals surface area contributed by atoms with Crippen LogP contribution in [0.2, 0.25) is 0 Å². The summed E-state index contributed by atoms with van der Waals surface area (Å²) in [6, 6.07) is 12.2. The SMILES string of the molecule is Cc1nc(Nc2ccc(N(C)C)cc2)ccc1Br. The highest BCUT2D eigenvalue weighted by Gasteiger charge is 2.00. The Bertz CT molecular complexity index is 535. The molecule has 18 heavy (non-hydrogen) atoms. The van der Waals surface area contributed by atoms with E-state index in [0.717, 1.165) is 21.7 Å². The lowest BCUT2D eigenvalue weighted by Gasteiger charge is -2.13. The molecule has 2 rings (SSSR count). The highest BCUT2D eigenvalue weighted by atomic mass is 79.9. The topological polar surface area (TPSA) is 28.2 Å². The second-order valence-electron chi connectivity index (χ2n) is 4.33. The van der Waals surface area contributed by atoms with E-state index < -0.39 is 0 Å². The number of nitrogens with zero attached hydrogens (tertiary/aromatic N) is 2. The fourth-order valence-corrected chi connectivity index (χ4v) is 1.83. The molecule has 0 spiro atoms. The first-order valence-electron chi connectivity index (χ1n) is 5.74. The average Bonchev–Trinajstić information content (AvgIpc) is 2.34. The second kappa shape index (κ2) is 5.40. The summed E-state index contributed by atoms with van der Waals surface area (Å²) in [5.74, 6) is 0.855. The largest absolute Gasteiger partial charge is 0.378 e. The van der Waals surface area contributed by atoms with Crippen LogP contribution in [-0.2, 0) is 0 Å². The molecule has 0 unspecified atom stereocenters. The van der Waals surface area contributed by atoms with Gasteiger partial charge in [0.15, 0.2) is 0 Å². The van der Waals surface area contributed by atoms with Gasteiger partial charge in [-0.25, -0.2) is 4.98 Å². The van der Waals surface area contributed by atoms with Crippen LogP contribution in [0.1, 0.15) is 5.69 Å². The summed E-state index contributed by atoms with van der Waals surface area (Å²) in [5, 5.41) is 3.29. The number of benzene rings is 1. The quantitative estimate of drug-likeness (QED) is 0.930. The van der Waals surface area contributed by atoms with E-state index in [1.165, 1.54) is 5.69 Å². The Labute approximate surface area is 116 Å². The maximum absolute atomic E-state index is 4.46. The van der Waals surface area contributed by atoms with E-state index in [4.69, 9.17) is 0 Å². The number of aromatic nitrogens is 1. The molecule has 0 aliphatic heterocycles. The lowest BCUT2D eigenvalue weighted by molar-refractivity contribution is 1.13. The van der Waals surface area contributed by atoms with E-state index >= 15 is 0 Å². The number of pyridine rings is 1. The smallest absolute Gasteiger partial charge is 0.130 e. The zero-order chi connectivity index (χ0) is 13.1. The molecule has 0 fully saturated rings. The molecule has 3 nitrogen and oxygen atoms in total. The number of hydrogen-bond donors (Lipinski definition) is 1. The Balaban J connectivity index is 2.15. The van der Waals surface area contributed by atoms with Gasteiger partial charge in [0.25, 0.3) is 0 Å². The summed E-state index contributed by atoms with van der Waals surface area (Å²) in [7, 11) is 4.06. The molecule has 1 heterocycles. The standard InChI is InChI=1S/C14H16BrN3/c1-10-13(15)8-9-14(16-10)17-11-4-6-12(7-5-11)18(2)3/h4-9H,1-3H3,(H,16,17). The predicted octanol–water partition coefficient (Wildman–Crippen LogP) is 3.96. The molecular weight excluding hydrogens is 290 g/mol. The van der Waals surface area contributed by atoms with Crippen molar-refractivity contribution in [3.8, 4) is 0 Å². The van der Waals surface area contributed by atoms with Gasteiger partial charge in [-0.3, -0.25) is 0 Å². The molecule has 2 aromatic rings. The molecule has 1 N–H and O–H groups in total. The lowest BCUT2D eigenvalue weighted by Crippen LogP contribution is -2.08. The van der Waals surface area contributed by atoms with E-state index in [2.05, 4.69) is 43.3 Å². The van der Waals surface area contributed by atoms with Gasteiger partial charge in [-0.1, -0.05) is 0 Å². The van der Waals surface area contributed by atoms with Gasteiger partial charge in [-0.05, 0) is 59.3 Å². The lowest BCUT2D eigenvalue weighted by atomic mass is 10.2. The van der Waals surface area contributed by atoms with Crippen molar-refractivity contribution in [3.05, 3.63) is 46.6 Å². The molecule has 1 aromatic carbocycles. The number of hydrogen-bond acceptors (Lipinski definition) is 3. The molecule has 0 atom stereocenters. The summed E-state index contributed by atoms with van der Waals surface area (Å²) in [6.45, 7) is 1.98. The summed E-state index contributed by atoms with van der Waals surface area (Å²) in [6.07, 6.45) is 0. The average molecular weight is 306 g/mol. The van der Waals surface area contributed by atoms with Crippen molar-refractivity contribution in [2.24, 2.45) is 0 Å². The molecule has 1 aromatic heterocycles. The first-order chi connectivity index (χ1) is 8.56. The van der Waals surface area contributed by atoms with Crippen LogP contribution in [0.3, 0.4) is 0 Å². The summed E-state index contributed by atoms with van der Waals surface area (Å²) in [4.78, 5) is 6.53. The summed E-state index contributed by atoms with van der Waals surface area (Å²) >= 11 is 3.44. The minimum Gasteiger partial charge on any atom is -0.378 e. The Morgan fingerprint density at radius 1 is 1.06 bits per heavy atom. The Kier molecular flexibility index (Phi) is 3.87. The molecule has 4 heteroatoms. The van der Waals surface area contributed by atoms with E-state index in [9.17, 15) is 0 Å². The van der Waals surface area contributed by atoms with Gasteiger partial charge in [0, 0.05) is 29.9 Å². The number of rotatable bonds is 3. The van der Waals surface area contributed by atoms with Gasteiger partial charge in [0.05, 0.1) is 5.69 Å². The van der Waals surface area contributed by atoms with Crippen LogP contribution in [0.4, 0.5) is 17.2 Å². The van der Waals surface area contributed by atoms with Gasteiger partial charge in [-0.15, -0.1) is 0 Å². The molecule has 0 saturated carbocycles. The molecule has 94 valence electrons. The Morgan fingerprint density at radius 3 is 2.28 bits per heavy atom. The number of anilines is 3. The minimum atomic E-state index is 0.855. The predicted molar refractivity (Wildman–Crippen MR) is 80.7 cm³/mol. The van der Waals surface area contributed by atoms with Gasteiger partial charge < -0.3 is 10.2 Å². The zero-order valence-electron chi connectivity index (χ0n) is 10.7. The molecular formula is C14H16BrN3. The van der Waals surface area contributed by atoms with E-state index in [-0.39, 0.29) is 0 Å². The van der Waals surface area contributed by atoms with Crippen LogP contribution in [0.15, 0.2) is 40.9 Å². The molecule has 0 bridgehead atoms. The Morgan fingerprint density at radius 2 is 1.72 bits per heavy atom. The molecule has 0 radical (unpaired) electrons. The van der Waals surface area contributed by atoms with Crippen LogP contribution >= 0.6 is 15.9 Å². The van der Waals surface area contributed by atoms with Crippen LogP contribution < -0.4 is 10.2 Å². The normalized spacial score (nSPS) is 10.2. The third-order valence-corrected chi connectivity index (χ3v) is 3.52. The van der Waals surface area contributed by atoms with Crippen molar-refractivity contribution < 1.29 is 0 Å². The van der Waals surface area contributed by atoms with Crippen molar-refractivity contribution >= 4 is 33.1 Å². The van der Waals surface area contributed by atoms with Crippen LogP contribution in [0.25, 0.3) is 0 Å². The van der Waals surface area contributed by atoms with Crippen molar-refractivity contribution in [1.29, 1.82) is 0 Å². The Hall–Kier alpha value is -1.55. The van der Waals surface area contributed by atoms with Gasteiger partial charge in [-0.2, -0.15) is 0 Å². The molecule has 0 aliphatic rings. The third-order valence-electron chi connectivity index (χ3n) is 2.68. The van der Waals surface area contributed by atoms with Gasteiger partial charge in [0.1, 0.15) is 5.82 Å². The maximum Gasteiger partial charge on any atom is 0.130 e. The maximum atomic E-state index is 4.46. The summed E-state index contributed by atoms with van der Waals surface area (Å²) < 4.78 is 1.02. The first kappa shape index (κ1) is 12.9. The van der Waals surface area contributed by atoms with Crippen molar-refractivity contribution in [3.63, 3.8) is 0 Å². The second-order valence-corrected chi connectivity index (χ2v) is 5.18. The van der Waals surface area contributed by atoms with Gasteiger partial charge in [0.2, 0.25) is 0 Å². The monoisotopic (exact) mass is 305 g/mol. The zero-order valence-corrected chi connectivity index (χ0v) is 12.3. The van der Waals surface area contributed by atoms with Crippen molar-refractivity contribution in [1.82, 2.24) is 4.98 Å². The number of aryl methyl sites for hydroxylation is 1. The molecule has 0 aliphatic carbocycles. The van der Waals surface area contributed by atoms with E-state index in [0.29, 0.717) is 0 Å². The minimum absolute atomic E-state index is 0.855. The van der Waals surface area contributed by atoms with E-state index in [1.807, 2.05) is 45.3 Å². The van der Waals surface area contributed by atoms with E-state index in [1.54, 1.807) is 0 Å². The van der Waals surface area contributed by atoms with Crippen molar-refractivity contribution in [2.75, 3.05) is 24.3 Å². The fourth-order valence-electron chi connectivity index (χ4n) is 1.60. The number of halogens is 1. The number of nitrogens with one attached hydrogen (secondary N) is 1. The first-order valence-corrected chi connectivity index (χ1v) is 6.53. The van der Waals surface area contributed by atoms with Gasteiger partial charge >= 0.3 is 0 Å². The summed E-state index contributed by atoms with van der Waals surface area (Å²) in [5.41, 5.74) is 3.19. The van der Waals surface area contributed by atoms with Crippen LogP contribution in [0, 0.1) is 6.92 Å². The third kappa shape index (κ3) is 3.01. The van der Waals surface area contributed by atoms with Crippen LogP contribution in [-0.4, -0.2) is 19.1 Å².